The molecule has 1 saturated carbocycles. The van der Waals surface area contributed by atoms with Gasteiger partial charge in [0.1, 0.15) is 47.8 Å². The number of rotatable bonds is 12. The normalized spacial score (nSPS) is 23.7. The molecule has 1 amide bonds. The van der Waals surface area contributed by atoms with Gasteiger partial charge in [-0.1, -0.05) is 17.0 Å². The summed E-state index contributed by atoms with van der Waals surface area (Å²) in [6, 6.07) is 9.70. The Bertz CT molecular complexity index is 2030. The van der Waals surface area contributed by atoms with Gasteiger partial charge < -0.3 is 45.1 Å². The van der Waals surface area contributed by atoms with E-state index >= 15 is 4.39 Å². The number of fused-ring (bicyclic) bond motifs is 1. The Morgan fingerprint density at radius 1 is 1.00 bits per heavy atom. The number of halogens is 1. The second-order valence-electron chi connectivity index (χ2n) is 13.5. The molecule has 18 heteroatoms. The molecule has 53 heavy (non-hydrogen) atoms. The van der Waals surface area contributed by atoms with E-state index in [1.165, 1.54) is 16.9 Å². The first kappa shape index (κ1) is 36.9. The number of hydrogen-bond acceptors (Lipinski definition) is 13. The number of piperazine rings is 1. The molecule has 2 saturated heterocycles. The summed E-state index contributed by atoms with van der Waals surface area (Å²) in [4.78, 5) is 42.1. The van der Waals surface area contributed by atoms with Gasteiger partial charge in [-0.05, 0) is 49.2 Å². The number of nitrogens with zero attached hydrogens (tertiary/aromatic N) is 6. The number of carboxylic acid groups (broad SMARTS) is 1. The lowest BCUT2D eigenvalue weighted by Crippen LogP contribution is -2.57. The number of aliphatic hydroxyl groups excluding tert-OH is 4. The van der Waals surface area contributed by atoms with Gasteiger partial charge in [-0.15, -0.1) is 5.10 Å². The molecule has 0 bridgehead atoms. The van der Waals surface area contributed by atoms with Crippen molar-refractivity contribution in [3.63, 3.8) is 0 Å². The van der Waals surface area contributed by atoms with Crippen molar-refractivity contribution in [3.05, 3.63) is 76.1 Å². The lowest BCUT2D eigenvalue weighted by molar-refractivity contribution is -0.205. The summed E-state index contributed by atoms with van der Waals surface area (Å²) in [6.45, 7) is 2.57. The van der Waals surface area contributed by atoms with Crippen molar-refractivity contribution in [2.45, 2.75) is 66.6 Å². The monoisotopic (exact) mass is 753 g/mol. The van der Waals surface area contributed by atoms with Crippen molar-refractivity contribution in [2.24, 2.45) is 0 Å². The van der Waals surface area contributed by atoms with Gasteiger partial charge >= 0.3 is 5.97 Å². The summed E-state index contributed by atoms with van der Waals surface area (Å²) in [6.07, 6.45) is 0.188. The Balaban J connectivity index is 0.881. The number of pyridine rings is 1. The van der Waals surface area contributed by atoms with Crippen LogP contribution in [0, 0.1) is 5.82 Å². The molecule has 1 aliphatic carbocycles. The number of hydrogen-bond donors (Lipinski definition) is 6. The van der Waals surface area contributed by atoms with Gasteiger partial charge in [0.25, 0.3) is 0 Å². The fourth-order valence-corrected chi connectivity index (χ4v) is 7.75. The highest BCUT2D eigenvalue weighted by atomic mass is 32.2. The SMILES string of the molecule is O=C(Cn1cc(CCN2CCN(c3cc4c(cc3F)c(=O)c(C(=O)O)cn4C3CC3)CC2)nn1)Nc1ccc(S[C@@H]2O[C@H](CO)[C@H](O)[C@H](O)[C@H]2O)cc1. The van der Waals surface area contributed by atoms with Crippen molar-refractivity contribution >= 4 is 45.9 Å². The van der Waals surface area contributed by atoms with Gasteiger partial charge in [-0.3, -0.25) is 14.5 Å². The molecule has 0 radical (unpaired) electrons. The molecule has 7 rings (SSSR count). The molecule has 0 unspecified atom stereocenters. The van der Waals surface area contributed by atoms with Crippen molar-refractivity contribution in [3.8, 4) is 0 Å². The zero-order valence-electron chi connectivity index (χ0n) is 28.5. The van der Waals surface area contributed by atoms with Crippen LogP contribution in [0.25, 0.3) is 10.9 Å². The van der Waals surface area contributed by atoms with Crippen LogP contribution in [-0.2, 0) is 22.5 Å². The lowest BCUT2D eigenvalue weighted by atomic mass is 10.0. The number of amides is 1. The van der Waals surface area contributed by atoms with Gasteiger partial charge in [-0.25, -0.2) is 13.9 Å². The highest BCUT2D eigenvalue weighted by molar-refractivity contribution is 7.99. The molecule has 2 aliphatic heterocycles. The molecule has 2 aromatic carbocycles. The third-order valence-electron chi connectivity index (χ3n) is 9.80. The zero-order valence-corrected chi connectivity index (χ0v) is 29.3. The molecule has 4 aromatic rings. The van der Waals surface area contributed by atoms with Crippen LogP contribution < -0.4 is 15.6 Å². The van der Waals surface area contributed by atoms with Gasteiger partial charge in [0.05, 0.1) is 23.5 Å². The van der Waals surface area contributed by atoms with Gasteiger partial charge in [-0.2, -0.15) is 0 Å². The second-order valence-corrected chi connectivity index (χ2v) is 14.7. The van der Waals surface area contributed by atoms with Crippen LogP contribution in [0.4, 0.5) is 15.8 Å². The van der Waals surface area contributed by atoms with Crippen LogP contribution in [0.2, 0.25) is 0 Å². The van der Waals surface area contributed by atoms with Crippen LogP contribution in [0.15, 0.2) is 58.5 Å². The number of carbonyl (C=O) groups excluding carboxylic acids is 1. The molecule has 4 heterocycles. The van der Waals surface area contributed by atoms with E-state index < -0.39 is 53.7 Å². The number of carboxylic acids is 1. The van der Waals surface area contributed by atoms with E-state index in [-0.39, 0.29) is 29.4 Å². The quantitative estimate of drug-likeness (QED) is 0.117. The van der Waals surface area contributed by atoms with Crippen LogP contribution in [0.1, 0.15) is 34.9 Å². The Hall–Kier alpha value is -4.43. The Kier molecular flexibility index (Phi) is 10.8. The van der Waals surface area contributed by atoms with E-state index in [1.807, 2.05) is 4.90 Å². The van der Waals surface area contributed by atoms with E-state index in [1.54, 1.807) is 41.1 Å². The number of aromatic nitrogens is 4. The van der Waals surface area contributed by atoms with Gasteiger partial charge in [0.2, 0.25) is 11.3 Å². The number of nitrogens with one attached hydrogen (secondary N) is 1. The predicted molar refractivity (Wildman–Crippen MR) is 190 cm³/mol. The summed E-state index contributed by atoms with van der Waals surface area (Å²) in [5.74, 6) is -2.20. The highest BCUT2D eigenvalue weighted by Gasteiger charge is 2.43. The van der Waals surface area contributed by atoms with Crippen LogP contribution >= 0.6 is 11.8 Å². The topological polar surface area (TPSA) is 216 Å². The third-order valence-corrected chi connectivity index (χ3v) is 11.0. The van der Waals surface area contributed by atoms with Crippen LogP contribution in [0.3, 0.4) is 0 Å². The molecular formula is C35H40FN7O9S. The molecule has 3 fully saturated rings. The molecule has 282 valence electrons. The van der Waals surface area contributed by atoms with Crippen LogP contribution in [-0.4, -0.2) is 131 Å². The summed E-state index contributed by atoms with van der Waals surface area (Å²) >= 11 is 1.11. The number of aromatic carboxylic acids is 1. The fourth-order valence-electron chi connectivity index (χ4n) is 6.69. The first-order valence-electron chi connectivity index (χ1n) is 17.3. The summed E-state index contributed by atoms with van der Waals surface area (Å²) < 4.78 is 24.2. The molecule has 6 N–H and O–H groups in total. The number of ether oxygens (including phenoxy) is 1. The first-order valence-corrected chi connectivity index (χ1v) is 18.2. The highest BCUT2D eigenvalue weighted by Crippen LogP contribution is 2.38. The van der Waals surface area contributed by atoms with E-state index in [2.05, 4.69) is 20.5 Å². The number of aliphatic hydroxyl groups is 4. The minimum Gasteiger partial charge on any atom is -0.477 e. The summed E-state index contributed by atoms with van der Waals surface area (Å²) in [5.41, 5.74) is 0.223. The maximum Gasteiger partial charge on any atom is 0.341 e. The average Bonchev–Trinajstić information content (AvgIpc) is 3.90. The number of benzene rings is 2. The Morgan fingerprint density at radius 3 is 2.42 bits per heavy atom. The lowest BCUT2D eigenvalue weighted by Gasteiger charge is -2.39. The van der Waals surface area contributed by atoms with Gasteiger partial charge in [0.15, 0.2) is 0 Å². The largest absolute Gasteiger partial charge is 0.477 e. The van der Waals surface area contributed by atoms with Gasteiger partial charge in [0, 0.05) is 73.5 Å². The van der Waals surface area contributed by atoms with Crippen molar-refractivity contribution in [1.82, 2.24) is 24.5 Å². The van der Waals surface area contributed by atoms with Crippen molar-refractivity contribution in [2.75, 3.05) is 49.5 Å². The fraction of sp³-hybridized carbons (Fsp3) is 0.457. The van der Waals surface area contributed by atoms with E-state index in [0.717, 1.165) is 24.6 Å². The standard InChI is InChI=1S/C35H40FN7O9S/c36-25-13-23-26(43(21-3-4-21)16-24(30(23)46)34(50)51)14-27(25)41-11-9-40(10-12-41)8-7-20-15-42(39-38-20)17-29(45)37-19-1-5-22(6-2-19)53-35-33(49)32(48)31(47)28(18-44)52-35/h1-2,5-6,13-16,21,28,31-33,35,44,47-49H,3-4,7-12,17-18H2,(H,37,45)(H,50,51)/t28-,31+,32+,33-,35+/m1/s1. The number of carbonyl (C=O) groups is 2. The minimum atomic E-state index is -1.46. The van der Waals surface area contributed by atoms with E-state index in [0.29, 0.717) is 66.6 Å². The Labute approximate surface area is 306 Å². The molecule has 3 aliphatic rings. The molecule has 0 spiro atoms. The first-order chi connectivity index (χ1) is 25.5. The smallest absolute Gasteiger partial charge is 0.341 e. The van der Waals surface area contributed by atoms with Crippen molar-refractivity contribution < 1.29 is 44.2 Å². The molecule has 5 atom stereocenters. The van der Waals surface area contributed by atoms with E-state index in [9.17, 15) is 39.9 Å². The van der Waals surface area contributed by atoms with Crippen LogP contribution in [0.5, 0.6) is 0 Å². The molecule has 2 aromatic heterocycles. The average molecular weight is 754 g/mol. The summed E-state index contributed by atoms with van der Waals surface area (Å²) in [5, 5.41) is 60.4. The Morgan fingerprint density at radius 2 is 1.74 bits per heavy atom. The number of anilines is 2. The minimum absolute atomic E-state index is 0.0590. The predicted octanol–water partition coefficient (Wildman–Crippen LogP) is 0.661. The maximum absolute atomic E-state index is 15.4. The molecule has 16 nitrogen and oxygen atoms in total. The number of thioether (sulfide) groups is 1. The third kappa shape index (κ3) is 8.08. The molecular weight excluding hydrogens is 713 g/mol. The van der Waals surface area contributed by atoms with Crippen molar-refractivity contribution in [1.29, 1.82) is 0 Å². The maximum atomic E-state index is 15.4. The zero-order chi connectivity index (χ0) is 37.4. The second kappa shape index (κ2) is 15.5. The van der Waals surface area contributed by atoms with E-state index in [4.69, 9.17) is 4.74 Å². The summed E-state index contributed by atoms with van der Waals surface area (Å²) in [7, 11) is 0.